The molecule has 9 heteroatoms. The summed E-state index contributed by atoms with van der Waals surface area (Å²) in [6, 6.07) is 7.58. The third kappa shape index (κ3) is 4.59. The van der Waals surface area contributed by atoms with Crippen molar-refractivity contribution in [3.8, 4) is 11.3 Å². The van der Waals surface area contributed by atoms with E-state index in [9.17, 15) is 5.11 Å². The van der Waals surface area contributed by atoms with Crippen LogP contribution < -0.4 is 5.32 Å². The maximum Gasteiger partial charge on any atom is 0.214 e. The quantitative estimate of drug-likeness (QED) is 0.654. The molecule has 7 nitrogen and oxygen atoms in total. The predicted octanol–water partition coefficient (Wildman–Crippen LogP) is 2.61. The van der Waals surface area contributed by atoms with Crippen molar-refractivity contribution in [2.24, 2.45) is 0 Å². The van der Waals surface area contributed by atoms with Gasteiger partial charge in [0.2, 0.25) is 10.1 Å². The summed E-state index contributed by atoms with van der Waals surface area (Å²) in [7, 11) is 0. The van der Waals surface area contributed by atoms with Crippen LogP contribution in [0.3, 0.4) is 0 Å². The second kappa shape index (κ2) is 7.73. The van der Waals surface area contributed by atoms with Crippen LogP contribution in [0.5, 0.6) is 0 Å². The van der Waals surface area contributed by atoms with Crippen LogP contribution in [0.4, 0.5) is 5.13 Å². The van der Waals surface area contributed by atoms with Gasteiger partial charge in [0.1, 0.15) is 0 Å². The Bertz CT molecular complexity index is 871. The molecule has 0 bridgehead atoms. The van der Waals surface area contributed by atoms with Crippen molar-refractivity contribution in [3.63, 3.8) is 0 Å². The maximum absolute atomic E-state index is 10.7. The molecular weight excluding hydrogens is 386 g/mol. The average molecular weight is 408 g/mol. The molecule has 3 heterocycles. The van der Waals surface area contributed by atoms with E-state index in [1.54, 1.807) is 4.52 Å². The zero-order chi connectivity index (χ0) is 18.9. The fraction of sp³-hybridized carbons (Fsp3) is 0.444. The van der Waals surface area contributed by atoms with E-state index in [1.807, 2.05) is 37.4 Å². The van der Waals surface area contributed by atoms with E-state index in [0.717, 1.165) is 47.7 Å². The van der Waals surface area contributed by atoms with Crippen LogP contribution in [-0.2, 0) is 4.74 Å². The summed E-state index contributed by atoms with van der Waals surface area (Å²) in [6.07, 6.45) is 1.89. The topological polar surface area (TPSA) is 74.9 Å². The van der Waals surface area contributed by atoms with Crippen LogP contribution in [0.15, 0.2) is 30.5 Å². The minimum Gasteiger partial charge on any atom is -0.387 e. The van der Waals surface area contributed by atoms with Crippen LogP contribution in [-0.4, -0.2) is 69.6 Å². The highest BCUT2D eigenvalue weighted by molar-refractivity contribution is 7.20. The summed E-state index contributed by atoms with van der Waals surface area (Å²) in [4.78, 5) is 7.64. The molecule has 1 fully saturated rings. The van der Waals surface area contributed by atoms with Crippen molar-refractivity contribution in [1.82, 2.24) is 19.5 Å². The van der Waals surface area contributed by atoms with Crippen LogP contribution in [0.25, 0.3) is 16.2 Å². The molecule has 144 valence electrons. The molecule has 3 aromatic rings. The Kier molecular flexibility index (Phi) is 5.34. The Hall–Kier alpha value is -1.71. The lowest BCUT2D eigenvalue weighted by atomic mass is 10.1. The second-order valence-electron chi connectivity index (χ2n) is 7.01. The lowest BCUT2D eigenvalue weighted by molar-refractivity contribution is -0.0163. The van der Waals surface area contributed by atoms with Gasteiger partial charge in [-0.2, -0.15) is 0 Å². The summed E-state index contributed by atoms with van der Waals surface area (Å²) in [5.74, 6) is 0. The van der Waals surface area contributed by atoms with Crippen molar-refractivity contribution >= 4 is 33.0 Å². The highest BCUT2D eigenvalue weighted by Crippen LogP contribution is 2.25. The minimum absolute atomic E-state index is 0.422. The number of imidazole rings is 1. The lowest BCUT2D eigenvalue weighted by Gasteiger charge is -2.33. The van der Waals surface area contributed by atoms with Gasteiger partial charge in [-0.25, -0.2) is 9.50 Å². The van der Waals surface area contributed by atoms with Crippen LogP contribution in [0, 0.1) is 0 Å². The first kappa shape index (κ1) is 18.6. The summed E-state index contributed by atoms with van der Waals surface area (Å²) in [6.45, 7) is 6.03. The number of aromatic nitrogens is 3. The number of fused-ring (bicyclic) bond motifs is 1. The van der Waals surface area contributed by atoms with E-state index in [0.29, 0.717) is 18.1 Å². The molecule has 0 aliphatic carbocycles. The zero-order valence-corrected chi connectivity index (χ0v) is 16.6. The van der Waals surface area contributed by atoms with E-state index >= 15 is 0 Å². The summed E-state index contributed by atoms with van der Waals surface area (Å²) >= 11 is 7.40. The Morgan fingerprint density at radius 2 is 2.04 bits per heavy atom. The number of hydrogen-bond acceptors (Lipinski definition) is 7. The van der Waals surface area contributed by atoms with E-state index in [2.05, 4.69) is 20.3 Å². The molecule has 2 aromatic heterocycles. The third-order valence-electron chi connectivity index (χ3n) is 4.47. The first-order valence-corrected chi connectivity index (χ1v) is 10.1. The summed E-state index contributed by atoms with van der Waals surface area (Å²) < 4.78 is 7.11. The summed E-state index contributed by atoms with van der Waals surface area (Å²) in [5, 5.41) is 19.9. The Morgan fingerprint density at radius 3 is 2.74 bits per heavy atom. The van der Waals surface area contributed by atoms with Gasteiger partial charge in [-0.05, 0) is 19.1 Å². The molecule has 1 saturated heterocycles. The third-order valence-corrected chi connectivity index (χ3v) is 5.60. The molecule has 1 unspecified atom stereocenters. The van der Waals surface area contributed by atoms with Gasteiger partial charge in [-0.1, -0.05) is 35.1 Å². The van der Waals surface area contributed by atoms with Crippen molar-refractivity contribution in [2.75, 3.05) is 44.7 Å². The number of benzene rings is 1. The van der Waals surface area contributed by atoms with Crippen molar-refractivity contribution in [3.05, 3.63) is 35.5 Å². The van der Waals surface area contributed by atoms with Crippen molar-refractivity contribution < 1.29 is 9.84 Å². The van der Waals surface area contributed by atoms with Gasteiger partial charge in [0.05, 0.1) is 30.7 Å². The molecule has 1 aliphatic heterocycles. The lowest BCUT2D eigenvalue weighted by Crippen LogP contribution is -2.49. The Morgan fingerprint density at radius 1 is 1.30 bits per heavy atom. The molecule has 27 heavy (non-hydrogen) atoms. The standard InChI is InChI=1S/C18H22ClN5O2S/c1-18(25,12-23-6-8-26-9-7-23)11-20-16-22-24-10-15(21-17(24)27-16)13-2-4-14(19)5-3-13/h2-5,10,25H,6-9,11-12H2,1H3,(H,20,22). The smallest absolute Gasteiger partial charge is 0.214 e. The van der Waals surface area contributed by atoms with Gasteiger partial charge in [-0.15, -0.1) is 5.10 Å². The van der Waals surface area contributed by atoms with Crippen molar-refractivity contribution in [2.45, 2.75) is 12.5 Å². The van der Waals surface area contributed by atoms with E-state index in [4.69, 9.17) is 16.3 Å². The van der Waals surface area contributed by atoms with Crippen LogP contribution in [0.2, 0.25) is 5.02 Å². The molecular formula is C18H22ClN5O2S. The molecule has 0 radical (unpaired) electrons. The fourth-order valence-corrected chi connectivity index (χ4v) is 4.00. The number of β-amino-alcohol motifs (C(OH)–C–C–N with tert-alkyl or cyclic N) is 1. The SMILES string of the molecule is CC(O)(CNc1nn2cc(-c3ccc(Cl)cc3)nc2s1)CN1CCOCC1. The van der Waals surface area contributed by atoms with Gasteiger partial charge >= 0.3 is 0 Å². The number of nitrogens with one attached hydrogen (secondary N) is 1. The van der Waals surface area contributed by atoms with Gasteiger partial charge < -0.3 is 15.2 Å². The molecule has 1 atom stereocenters. The number of nitrogens with zero attached hydrogens (tertiary/aromatic N) is 4. The fourth-order valence-electron chi connectivity index (χ4n) is 3.09. The molecule has 1 aliphatic rings. The normalized spacial score (nSPS) is 17.9. The van der Waals surface area contributed by atoms with Gasteiger partial charge in [-0.3, -0.25) is 4.90 Å². The van der Waals surface area contributed by atoms with Crippen LogP contribution in [0.1, 0.15) is 6.92 Å². The number of halogens is 1. The molecule has 2 N–H and O–H groups in total. The monoisotopic (exact) mass is 407 g/mol. The minimum atomic E-state index is -0.848. The molecule has 4 rings (SSSR count). The highest BCUT2D eigenvalue weighted by Gasteiger charge is 2.25. The van der Waals surface area contributed by atoms with Crippen LogP contribution >= 0.6 is 22.9 Å². The first-order valence-electron chi connectivity index (χ1n) is 8.87. The zero-order valence-electron chi connectivity index (χ0n) is 15.1. The number of morpholine rings is 1. The molecule has 0 saturated carbocycles. The van der Waals surface area contributed by atoms with E-state index in [1.165, 1.54) is 11.3 Å². The van der Waals surface area contributed by atoms with Gasteiger partial charge in [0.15, 0.2) is 0 Å². The van der Waals surface area contributed by atoms with E-state index < -0.39 is 5.60 Å². The first-order chi connectivity index (χ1) is 13.0. The van der Waals surface area contributed by atoms with Crippen molar-refractivity contribution in [1.29, 1.82) is 0 Å². The molecule has 0 spiro atoms. The largest absolute Gasteiger partial charge is 0.387 e. The molecule has 1 aromatic carbocycles. The Balaban J connectivity index is 1.39. The number of ether oxygens (including phenoxy) is 1. The Labute approximate surface area is 166 Å². The van der Waals surface area contributed by atoms with Gasteiger partial charge in [0, 0.05) is 36.8 Å². The number of anilines is 1. The number of rotatable bonds is 6. The highest BCUT2D eigenvalue weighted by atomic mass is 35.5. The van der Waals surface area contributed by atoms with Gasteiger partial charge in [0.25, 0.3) is 0 Å². The predicted molar refractivity (Wildman–Crippen MR) is 108 cm³/mol. The number of aliphatic hydroxyl groups is 1. The second-order valence-corrected chi connectivity index (χ2v) is 8.40. The van der Waals surface area contributed by atoms with E-state index in [-0.39, 0.29) is 0 Å². The maximum atomic E-state index is 10.7. The average Bonchev–Trinajstić information content (AvgIpc) is 3.20. The number of hydrogen-bond donors (Lipinski definition) is 2. The summed E-state index contributed by atoms with van der Waals surface area (Å²) in [5.41, 5.74) is 1.01. The molecule has 0 amide bonds.